The van der Waals surface area contributed by atoms with E-state index < -0.39 is 5.82 Å². The number of nitriles is 1. The molecule has 1 aromatic heterocycles. The van der Waals surface area contributed by atoms with Crippen molar-refractivity contribution in [1.29, 1.82) is 5.26 Å². The first-order chi connectivity index (χ1) is 11.2. The van der Waals surface area contributed by atoms with Crippen LogP contribution < -0.4 is 4.74 Å². The first kappa shape index (κ1) is 14.7. The predicted molar refractivity (Wildman–Crippen MR) is 79.3 cm³/mol. The maximum absolute atomic E-state index is 14.0. The zero-order valence-corrected chi connectivity index (χ0v) is 12.3. The summed E-state index contributed by atoms with van der Waals surface area (Å²) in [7, 11) is 0. The minimum absolute atomic E-state index is 0.0130. The van der Waals surface area contributed by atoms with Crippen LogP contribution in [0.5, 0.6) is 5.75 Å². The largest absolute Gasteiger partial charge is 0.484 e. The van der Waals surface area contributed by atoms with Crippen molar-refractivity contribution in [2.75, 3.05) is 0 Å². The second-order valence-electron chi connectivity index (χ2n) is 4.86. The fraction of sp³-hybridized carbons (Fsp3) is 0.125. The van der Waals surface area contributed by atoms with Crippen LogP contribution in [0.3, 0.4) is 0 Å². The van der Waals surface area contributed by atoms with Crippen LogP contribution in [0.4, 0.5) is 4.39 Å². The summed E-state index contributed by atoms with van der Waals surface area (Å²) in [4.78, 5) is 0. The standard InChI is InChI=1S/C16H12FN5O/c1-11-6-7-13(17)14(8-11)22-16(19-20-21-22)10-23-15-5-3-2-4-12(15)9-18/h2-8H,10H2,1H3. The molecule has 3 aromatic rings. The Morgan fingerprint density at radius 3 is 2.91 bits per heavy atom. The van der Waals surface area contributed by atoms with Crippen LogP contribution in [0, 0.1) is 24.1 Å². The Labute approximate surface area is 131 Å². The SMILES string of the molecule is Cc1ccc(F)c(-n2nnnc2COc2ccccc2C#N)c1. The van der Waals surface area contributed by atoms with Crippen molar-refractivity contribution in [2.45, 2.75) is 13.5 Å². The molecule has 0 N–H and O–H groups in total. The Bertz CT molecular complexity index is 884. The summed E-state index contributed by atoms with van der Waals surface area (Å²) >= 11 is 0. The summed E-state index contributed by atoms with van der Waals surface area (Å²) in [5.41, 5.74) is 1.55. The highest BCUT2D eigenvalue weighted by molar-refractivity contribution is 5.42. The molecule has 0 aliphatic carbocycles. The van der Waals surface area contributed by atoms with Gasteiger partial charge in [0.05, 0.1) is 5.56 Å². The topological polar surface area (TPSA) is 76.6 Å². The highest BCUT2D eigenvalue weighted by Gasteiger charge is 2.14. The van der Waals surface area contributed by atoms with Crippen LogP contribution in [-0.2, 0) is 6.61 Å². The Balaban J connectivity index is 1.87. The number of aryl methyl sites for hydroxylation is 1. The number of nitrogens with zero attached hydrogens (tertiary/aromatic N) is 5. The van der Waals surface area contributed by atoms with Gasteiger partial charge in [-0.2, -0.15) is 9.94 Å². The lowest BCUT2D eigenvalue weighted by atomic mass is 10.2. The molecule has 3 rings (SSSR count). The lowest BCUT2D eigenvalue weighted by Crippen LogP contribution is -2.09. The van der Waals surface area contributed by atoms with Gasteiger partial charge in [-0.15, -0.1) is 5.10 Å². The Hall–Kier alpha value is -3.27. The number of hydrogen-bond acceptors (Lipinski definition) is 5. The number of rotatable bonds is 4. The fourth-order valence-corrected chi connectivity index (χ4v) is 2.10. The predicted octanol–water partition coefficient (Wildman–Crippen LogP) is 2.56. The van der Waals surface area contributed by atoms with E-state index in [0.29, 0.717) is 17.1 Å². The van der Waals surface area contributed by atoms with Crippen LogP contribution in [-0.4, -0.2) is 20.2 Å². The van der Waals surface area contributed by atoms with E-state index in [2.05, 4.69) is 15.5 Å². The number of benzene rings is 2. The number of hydrogen-bond donors (Lipinski definition) is 0. The number of tetrazole rings is 1. The third kappa shape index (κ3) is 3.01. The van der Waals surface area contributed by atoms with E-state index >= 15 is 0 Å². The summed E-state index contributed by atoms with van der Waals surface area (Å²) < 4.78 is 20.9. The number of ether oxygens (including phenoxy) is 1. The molecule has 7 heteroatoms. The second-order valence-corrected chi connectivity index (χ2v) is 4.86. The van der Waals surface area contributed by atoms with E-state index in [1.165, 1.54) is 10.7 Å². The molecule has 6 nitrogen and oxygen atoms in total. The van der Waals surface area contributed by atoms with Crippen molar-refractivity contribution in [3.8, 4) is 17.5 Å². The maximum atomic E-state index is 14.0. The van der Waals surface area contributed by atoms with Crippen molar-refractivity contribution in [1.82, 2.24) is 20.2 Å². The zero-order valence-electron chi connectivity index (χ0n) is 12.3. The average molecular weight is 309 g/mol. The first-order valence-electron chi connectivity index (χ1n) is 6.85. The Kier molecular flexibility index (Phi) is 3.97. The summed E-state index contributed by atoms with van der Waals surface area (Å²) in [6, 6.07) is 13.6. The highest BCUT2D eigenvalue weighted by Crippen LogP contribution is 2.19. The van der Waals surface area contributed by atoms with Crippen LogP contribution in [0.2, 0.25) is 0 Å². The summed E-state index contributed by atoms with van der Waals surface area (Å²) in [6.07, 6.45) is 0. The molecule has 2 aromatic carbocycles. The molecule has 0 atom stereocenters. The molecule has 0 radical (unpaired) electrons. The van der Waals surface area contributed by atoms with E-state index in [1.54, 1.807) is 36.4 Å². The quantitative estimate of drug-likeness (QED) is 0.740. The van der Waals surface area contributed by atoms with Gasteiger partial charge in [0, 0.05) is 0 Å². The van der Waals surface area contributed by atoms with Crippen LogP contribution in [0.15, 0.2) is 42.5 Å². The van der Waals surface area contributed by atoms with E-state index in [9.17, 15) is 4.39 Å². The maximum Gasteiger partial charge on any atom is 0.194 e. The van der Waals surface area contributed by atoms with Crippen molar-refractivity contribution < 1.29 is 9.13 Å². The van der Waals surface area contributed by atoms with Gasteiger partial charge in [-0.3, -0.25) is 0 Å². The minimum Gasteiger partial charge on any atom is -0.484 e. The monoisotopic (exact) mass is 309 g/mol. The zero-order chi connectivity index (χ0) is 16.2. The van der Waals surface area contributed by atoms with Gasteiger partial charge in [-0.1, -0.05) is 18.2 Å². The van der Waals surface area contributed by atoms with E-state index in [0.717, 1.165) is 5.56 Å². The van der Waals surface area contributed by atoms with Gasteiger partial charge >= 0.3 is 0 Å². The summed E-state index contributed by atoms with van der Waals surface area (Å²) in [6.45, 7) is 1.87. The van der Waals surface area contributed by atoms with Gasteiger partial charge in [0.25, 0.3) is 0 Å². The third-order valence-electron chi connectivity index (χ3n) is 3.23. The Morgan fingerprint density at radius 1 is 1.26 bits per heavy atom. The van der Waals surface area contributed by atoms with E-state index in [-0.39, 0.29) is 12.3 Å². The number of aromatic nitrogens is 4. The summed E-state index contributed by atoms with van der Waals surface area (Å²) in [5, 5.41) is 20.3. The van der Waals surface area contributed by atoms with Crippen molar-refractivity contribution in [2.24, 2.45) is 0 Å². The molecule has 0 saturated carbocycles. The van der Waals surface area contributed by atoms with Crippen molar-refractivity contribution in [3.05, 3.63) is 65.2 Å². The number of halogens is 1. The molecular formula is C16H12FN5O. The van der Waals surface area contributed by atoms with Crippen LogP contribution >= 0.6 is 0 Å². The molecule has 0 fully saturated rings. The molecule has 114 valence electrons. The first-order valence-corrected chi connectivity index (χ1v) is 6.85. The van der Waals surface area contributed by atoms with Crippen molar-refractivity contribution >= 4 is 0 Å². The summed E-state index contributed by atoms with van der Waals surface area (Å²) in [5.74, 6) is 0.332. The molecular weight excluding hydrogens is 297 g/mol. The van der Waals surface area contributed by atoms with E-state index in [4.69, 9.17) is 10.00 Å². The van der Waals surface area contributed by atoms with Gasteiger partial charge in [-0.25, -0.2) is 4.39 Å². The lowest BCUT2D eigenvalue weighted by molar-refractivity contribution is 0.291. The molecule has 0 aliphatic heterocycles. The molecule has 0 spiro atoms. The molecule has 0 saturated heterocycles. The molecule has 0 unspecified atom stereocenters. The van der Waals surface area contributed by atoms with Gasteiger partial charge in [0.15, 0.2) is 5.82 Å². The van der Waals surface area contributed by atoms with Gasteiger partial charge in [0.1, 0.15) is 29.9 Å². The van der Waals surface area contributed by atoms with Crippen molar-refractivity contribution in [3.63, 3.8) is 0 Å². The second kappa shape index (κ2) is 6.23. The molecule has 0 aliphatic rings. The van der Waals surface area contributed by atoms with Crippen LogP contribution in [0.25, 0.3) is 5.69 Å². The number of para-hydroxylation sites is 1. The molecule has 0 amide bonds. The molecule has 1 heterocycles. The van der Waals surface area contributed by atoms with Gasteiger partial charge in [0.2, 0.25) is 0 Å². The molecule has 0 bridgehead atoms. The lowest BCUT2D eigenvalue weighted by Gasteiger charge is -2.09. The van der Waals surface area contributed by atoms with E-state index in [1.807, 2.05) is 13.0 Å². The smallest absolute Gasteiger partial charge is 0.194 e. The fourth-order valence-electron chi connectivity index (χ4n) is 2.10. The normalized spacial score (nSPS) is 10.3. The Morgan fingerprint density at radius 2 is 2.09 bits per heavy atom. The van der Waals surface area contributed by atoms with Crippen LogP contribution in [0.1, 0.15) is 17.0 Å². The van der Waals surface area contributed by atoms with Gasteiger partial charge < -0.3 is 4.74 Å². The molecule has 23 heavy (non-hydrogen) atoms. The average Bonchev–Trinajstić information content (AvgIpc) is 3.03. The third-order valence-corrected chi connectivity index (χ3v) is 3.23. The highest BCUT2D eigenvalue weighted by atomic mass is 19.1. The minimum atomic E-state index is -0.429. The van der Waals surface area contributed by atoms with Gasteiger partial charge in [-0.05, 0) is 47.2 Å².